The summed E-state index contributed by atoms with van der Waals surface area (Å²) in [7, 11) is 0. The van der Waals surface area contributed by atoms with Crippen LogP contribution in [0.5, 0.6) is 5.75 Å². The van der Waals surface area contributed by atoms with Crippen molar-refractivity contribution in [2.45, 2.75) is 114 Å². The number of carbonyl (C=O) groups is 8. The molecule has 14 N–H and O–H groups in total. The summed E-state index contributed by atoms with van der Waals surface area (Å²) in [6.45, 7) is 4.04. The summed E-state index contributed by atoms with van der Waals surface area (Å²) in [6.07, 6.45) is -0.815. The SMILES string of the molecule is CC(C)CC(N)C(=O)NC(Cc1ccccc1)C(=O)NC(CCC(=O)O)C(=O)NC(Cc1ccc(O)cc1)C(=O)NC(CCC(N)=O)C(=O)NC(CCCCN)C(=O)O. The summed E-state index contributed by atoms with van der Waals surface area (Å²) in [4.78, 5) is 104. The molecule has 19 heteroatoms. The van der Waals surface area contributed by atoms with Crippen molar-refractivity contribution in [2.75, 3.05) is 6.54 Å². The molecule has 0 radical (unpaired) electrons. The fourth-order valence-corrected chi connectivity index (χ4v) is 5.96. The highest BCUT2D eigenvalue weighted by Crippen LogP contribution is 2.14. The summed E-state index contributed by atoms with van der Waals surface area (Å²) in [6, 6.07) is 6.11. The number of phenolic OH excluding ortho intramolecular Hbond substituents is 1. The fourth-order valence-electron chi connectivity index (χ4n) is 5.96. The smallest absolute Gasteiger partial charge is 0.326 e. The first-order valence-electron chi connectivity index (χ1n) is 19.4. The maximum Gasteiger partial charge on any atom is 0.326 e. The van der Waals surface area contributed by atoms with Gasteiger partial charge in [-0.3, -0.25) is 33.6 Å². The van der Waals surface area contributed by atoms with E-state index in [4.69, 9.17) is 17.2 Å². The van der Waals surface area contributed by atoms with E-state index in [1.165, 1.54) is 24.3 Å². The second-order valence-corrected chi connectivity index (χ2v) is 14.7. The molecule has 0 aliphatic carbocycles. The lowest BCUT2D eigenvalue weighted by atomic mass is 10.0. The quantitative estimate of drug-likeness (QED) is 0.0498. The van der Waals surface area contributed by atoms with Gasteiger partial charge in [-0.2, -0.15) is 0 Å². The van der Waals surface area contributed by atoms with Crippen molar-refractivity contribution in [3.63, 3.8) is 0 Å². The number of amides is 6. The van der Waals surface area contributed by atoms with Crippen LogP contribution in [0.4, 0.5) is 0 Å². The van der Waals surface area contributed by atoms with Crippen LogP contribution in [0.15, 0.2) is 54.6 Å². The molecule has 0 aliphatic rings. The number of unbranched alkanes of at least 4 members (excludes halogenated alkanes) is 1. The molecule has 6 atom stereocenters. The van der Waals surface area contributed by atoms with Crippen LogP contribution < -0.4 is 43.8 Å². The van der Waals surface area contributed by atoms with Gasteiger partial charge < -0.3 is 59.1 Å². The lowest BCUT2D eigenvalue weighted by Crippen LogP contribution is -2.60. The van der Waals surface area contributed by atoms with Gasteiger partial charge in [-0.15, -0.1) is 0 Å². The van der Waals surface area contributed by atoms with Gasteiger partial charge >= 0.3 is 11.9 Å². The predicted octanol–water partition coefficient (Wildman–Crippen LogP) is -0.681. The van der Waals surface area contributed by atoms with Crippen molar-refractivity contribution in [3.05, 3.63) is 65.7 Å². The second-order valence-electron chi connectivity index (χ2n) is 14.7. The Balaban J connectivity index is 2.46. The highest BCUT2D eigenvalue weighted by Gasteiger charge is 2.33. The molecule has 0 heterocycles. The lowest BCUT2D eigenvalue weighted by Gasteiger charge is -2.27. The Hall–Kier alpha value is -6.08. The third kappa shape index (κ3) is 18.8. The summed E-state index contributed by atoms with van der Waals surface area (Å²) in [5, 5.41) is 41.6. The molecule has 6 amide bonds. The third-order valence-corrected chi connectivity index (χ3v) is 9.14. The van der Waals surface area contributed by atoms with Gasteiger partial charge in [-0.1, -0.05) is 56.3 Å². The molecule has 0 fully saturated rings. The fraction of sp³-hybridized carbons (Fsp3) is 0.500. The minimum Gasteiger partial charge on any atom is -0.508 e. The Morgan fingerprint density at radius 3 is 1.53 bits per heavy atom. The summed E-state index contributed by atoms with van der Waals surface area (Å²) in [5.41, 5.74) is 18.0. The normalized spacial score (nSPS) is 14.1. The molecule has 0 spiro atoms. The monoisotopic (exact) mass is 826 g/mol. The highest BCUT2D eigenvalue weighted by molar-refractivity contribution is 5.97. The number of hydrogen-bond acceptors (Lipinski definition) is 11. The first-order chi connectivity index (χ1) is 27.9. The predicted molar refractivity (Wildman–Crippen MR) is 215 cm³/mol. The van der Waals surface area contributed by atoms with Crippen molar-refractivity contribution in [3.8, 4) is 5.75 Å². The molecule has 0 aliphatic heterocycles. The largest absolute Gasteiger partial charge is 0.508 e. The maximum atomic E-state index is 14.0. The average Bonchev–Trinajstić information content (AvgIpc) is 3.17. The number of aromatic hydroxyl groups is 1. The number of hydrogen-bond donors (Lipinski definition) is 11. The Morgan fingerprint density at radius 2 is 1.05 bits per heavy atom. The molecule has 0 saturated carbocycles. The van der Waals surface area contributed by atoms with E-state index >= 15 is 0 Å². The molecule has 6 unspecified atom stereocenters. The van der Waals surface area contributed by atoms with Crippen LogP contribution in [0.2, 0.25) is 0 Å². The van der Waals surface area contributed by atoms with Crippen molar-refractivity contribution >= 4 is 47.4 Å². The van der Waals surface area contributed by atoms with E-state index in [-0.39, 0.29) is 43.8 Å². The second kappa shape index (κ2) is 25.3. The summed E-state index contributed by atoms with van der Waals surface area (Å²) in [5.74, 6) is -7.86. The minimum absolute atomic E-state index is 0.0174. The van der Waals surface area contributed by atoms with Crippen molar-refractivity contribution < 1.29 is 53.7 Å². The molecule has 0 bridgehead atoms. The molecule has 0 aromatic heterocycles. The summed E-state index contributed by atoms with van der Waals surface area (Å²) < 4.78 is 0. The summed E-state index contributed by atoms with van der Waals surface area (Å²) >= 11 is 0. The number of carboxylic acid groups (broad SMARTS) is 2. The number of phenols is 1. The van der Waals surface area contributed by atoms with E-state index in [1.807, 2.05) is 13.8 Å². The zero-order valence-corrected chi connectivity index (χ0v) is 33.4. The van der Waals surface area contributed by atoms with Crippen LogP contribution in [0, 0.1) is 5.92 Å². The molecule has 2 aromatic rings. The number of primary amides is 1. The minimum atomic E-state index is -1.56. The molecule has 19 nitrogen and oxygen atoms in total. The van der Waals surface area contributed by atoms with Gasteiger partial charge in [0, 0.05) is 25.7 Å². The van der Waals surface area contributed by atoms with Crippen LogP contribution in [0.3, 0.4) is 0 Å². The maximum absolute atomic E-state index is 14.0. The standard InChI is InChI=1S/C40H58N8O11/c1-23(2)20-27(42)35(53)47-31(21-24-8-4-3-5-9-24)38(56)45-29(16-18-34(51)52)37(55)48-32(22-25-11-13-26(49)14-12-25)39(57)44-28(15-17-33(43)50)36(54)46-30(40(58)59)10-6-7-19-41/h3-5,8-9,11-14,23,27-32,49H,6-7,10,15-22,41-42H2,1-2H3,(H2,43,50)(H,44,57)(H,45,56)(H,46,54)(H,47,53)(H,48,55)(H,51,52)(H,58,59). The zero-order chi connectivity index (χ0) is 44.1. The van der Waals surface area contributed by atoms with E-state index < -0.39 is 96.5 Å². The number of carbonyl (C=O) groups excluding carboxylic acids is 6. The highest BCUT2D eigenvalue weighted by atomic mass is 16.4. The molecule has 0 saturated heterocycles. The van der Waals surface area contributed by atoms with E-state index in [0.717, 1.165) is 0 Å². The van der Waals surface area contributed by atoms with E-state index in [9.17, 15) is 53.7 Å². The van der Waals surface area contributed by atoms with Crippen LogP contribution in [-0.4, -0.2) is 105 Å². The van der Waals surface area contributed by atoms with Gasteiger partial charge in [0.05, 0.1) is 6.04 Å². The van der Waals surface area contributed by atoms with E-state index in [2.05, 4.69) is 26.6 Å². The van der Waals surface area contributed by atoms with Gasteiger partial charge in [0.25, 0.3) is 0 Å². The first kappa shape index (κ1) is 49.1. The molecular formula is C40H58N8O11. The van der Waals surface area contributed by atoms with Gasteiger partial charge in [-0.05, 0) is 74.2 Å². The van der Waals surface area contributed by atoms with Gasteiger partial charge in [0.15, 0.2) is 0 Å². The Kier molecular flexibility index (Phi) is 21.1. The van der Waals surface area contributed by atoms with Crippen LogP contribution in [0.25, 0.3) is 0 Å². The van der Waals surface area contributed by atoms with Gasteiger partial charge in [0.2, 0.25) is 35.4 Å². The zero-order valence-electron chi connectivity index (χ0n) is 33.4. The van der Waals surface area contributed by atoms with Gasteiger partial charge in [-0.25, -0.2) is 4.79 Å². The van der Waals surface area contributed by atoms with E-state index in [0.29, 0.717) is 36.9 Å². The van der Waals surface area contributed by atoms with Crippen molar-refractivity contribution in [1.82, 2.24) is 26.6 Å². The first-order valence-corrected chi connectivity index (χ1v) is 19.4. The number of benzene rings is 2. The van der Waals surface area contributed by atoms with Crippen LogP contribution >= 0.6 is 0 Å². The molecular weight excluding hydrogens is 768 g/mol. The van der Waals surface area contributed by atoms with E-state index in [1.54, 1.807) is 30.3 Å². The third-order valence-electron chi connectivity index (χ3n) is 9.14. The van der Waals surface area contributed by atoms with Crippen LogP contribution in [-0.2, 0) is 51.2 Å². The average molecular weight is 827 g/mol. The number of carboxylic acids is 2. The topological polar surface area (TPSA) is 335 Å². The lowest BCUT2D eigenvalue weighted by molar-refractivity contribution is -0.142. The molecule has 2 rings (SSSR count). The number of nitrogens with one attached hydrogen (secondary N) is 5. The van der Waals surface area contributed by atoms with Crippen LogP contribution in [0.1, 0.15) is 76.3 Å². The molecule has 59 heavy (non-hydrogen) atoms. The number of rotatable bonds is 27. The Morgan fingerprint density at radius 1 is 0.593 bits per heavy atom. The molecule has 324 valence electrons. The molecule has 2 aromatic carbocycles. The van der Waals surface area contributed by atoms with Crippen molar-refractivity contribution in [2.24, 2.45) is 23.1 Å². The number of aliphatic carboxylic acids is 2. The number of nitrogens with two attached hydrogens (primary N) is 3. The van der Waals surface area contributed by atoms with Gasteiger partial charge in [0.1, 0.15) is 36.0 Å². The Labute approximate surface area is 342 Å². The van der Waals surface area contributed by atoms with Crippen molar-refractivity contribution in [1.29, 1.82) is 0 Å². The Bertz CT molecular complexity index is 1730.